The van der Waals surface area contributed by atoms with Crippen molar-refractivity contribution in [2.24, 2.45) is 11.1 Å². The number of anilines is 1. The molecule has 1 aromatic rings. The molecule has 1 fully saturated rings. The maximum absolute atomic E-state index is 11.1. The Bertz CT molecular complexity index is 479. The predicted molar refractivity (Wildman–Crippen MR) is 75.5 cm³/mol. The third kappa shape index (κ3) is 3.27. The maximum Gasteiger partial charge on any atom is 0.250 e. The summed E-state index contributed by atoms with van der Waals surface area (Å²) in [6.45, 7) is 5.84. The Labute approximate surface area is 118 Å². The van der Waals surface area contributed by atoms with Crippen LogP contribution >= 0.6 is 12.4 Å². The van der Waals surface area contributed by atoms with Gasteiger partial charge in [0.05, 0.1) is 5.56 Å². The number of pyridine rings is 1. The minimum Gasteiger partial charge on any atom is -0.485 e. The molecule has 1 aromatic heterocycles. The van der Waals surface area contributed by atoms with Crippen molar-refractivity contribution in [2.75, 3.05) is 18.8 Å². The molecule has 0 spiro atoms. The highest BCUT2D eigenvalue weighted by Gasteiger charge is 2.36. The first-order valence-electron chi connectivity index (χ1n) is 5.83. The van der Waals surface area contributed by atoms with Crippen LogP contribution in [0.3, 0.4) is 0 Å². The summed E-state index contributed by atoms with van der Waals surface area (Å²) in [6, 6.07) is 1.54. The Balaban J connectivity index is 0.00000180. The van der Waals surface area contributed by atoms with E-state index in [1.165, 1.54) is 6.20 Å². The van der Waals surface area contributed by atoms with Gasteiger partial charge in [0.1, 0.15) is 6.10 Å². The Kier molecular flexibility index (Phi) is 4.60. The molecule has 0 aromatic carbocycles. The molecule has 0 aliphatic carbocycles. The molecule has 0 radical (unpaired) electrons. The molecule has 19 heavy (non-hydrogen) atoms. The number of hydrogen-bond acceptors (Lipinski definition) is 5. The molecule has 1 aliphatic rings. The summed E-state index contributed by atoms with van der Waals surface area (Å²) in [6.07, 6.45) is 1.34. The van der Waals surface area contributed by atoms with Gasteiger partial charge in [-0.3, -0.25) is 4.79 Å². The van der Waals surface area contributed by atoms with Crippen molar-refractivity contribution in [1.82, 2.24) is 10.3 Å². The third-order valence-corrected chi connectivity index (χ3v) is 3.22. The van der Waals surface area contributed by atoms with Crippen LogP contribution in [-0.2, 0) is 0 Å². The second-order valence-electron chi connectivity index (χ2n) is 5.20. The molecule has 2 rings (SSSR count). The minimum atomic E-state index is -0.545. The number of rotatable bonds is 3. The molecule has 0 bridgehead atoms. The third-order valence-electron chi connectivity index (χ3n) is 3.22. The molecule has 2 heterocycles. The van der Waals surface area contributed by atoms with Crippen molar-refractivity contribution in [1.29, 1.82) is 0 Å². The minimum absolute atomic E-state index is 0. The van der Waals surface area contributed by atoms with Gasteiger partial charge in [-0.2, -0.15) is 0 Å². The number of carbonyl (C=O) groups excluding carboxylic acids is 1. The monoisotopic (exact) mass is 286 g/mol. The smallest absolute Gasteiger partial charge is 0.250 e. The number of ether oxygens (including phenoxy) is 1. The summed E-state index contributed by atoms with van der Waals surface area (Å²) < 4.78 is 5.85. The summed E-state index contributed by atoms with van der Waals surface area (Å²) in [5, 5.41) is 3.26. The van der Waals surface area contributed by atoms with E-state index in [1.54, 1.807) is 6.07 Å². The van der Waals surface area contributed by atoms with Crippen molar-refractivity contribution in [3.8, 4) is 5.75 Å². The van der Waals surface area contributed by atoms with Crippen molar-refractivity contribution in [3.05, 3.63) is 17.8 Å². The lowest BCUT2D eigenvalue weighted by Gasteiger charge is -2.26. The second-order valence-corrected chi connectivity index (χ2v) is 5.20. The molecular formula is C12H19ClN4O2. The molecule has 6 nitrogen and oxygen atoms in total. The molecule has 1 aliphatic heterocycles. The van der Waals surface area contributed by atoms with Gasteiger partial charge in [0, 0.05) is 24.7 Å². The highest BCUT2D eigenvalue weighted by Crippen LogP contribution is 2.30. The van der Waals surface area contributed by atoms with E-state index in [0.29, 0.717) is 11.3 Å². The molecule has 0 unspecified atom stereocenters. The zero-order valence-electron chi connectivity index (χ0n) is 11.0. The number of nitrogens with one attached hydrogen (secondary N) is 1. The molecule has 106 valence electrons. The van der Waals surface area contributed by atoms with Crippen LogP contribution in [0.4, 0.5) is 5.82 Å². The number of hydrogen-bond donors (Lipinski definition) is 3. The van der Waals surface area contributed by atoms with Crippen LogP contribution in [-0.4, -0.2) is 30.1 Å². The van der Waals surface area contributed by atoms with Crippen LogP contribution < -0.4 is 21.5 Å². The number of amides is 1. The normalized spacial score (nSPS) is 20.6. The number of primary amides is 1. The molecule has 0 saturated carbocycles. The average molecular weight is 287 g/mol. The van der Waals surface area contributed by atoms with Gasteiger partial charge in [0.2, 0.25) is 5.91 Å². The molecule has 1 amide bonds. The van der Waals surface area contributed by atoms with Crippen LogP contribution in [0.2, 0.25) is 0 Å². The lowest BCUT2D eigenvalue weighted by Crippen LogP contribution is -2.33. The fraction of sp³-hybridized carbons (Fsp3) is 0.500. The highest BCUT2D eigenvalue weighted by molar-refractivity contribution is 5.93. The zero-order chi connectivity index (χ0) is 13.3. The van der Waals surface area contributed by atoms with Crippen molar-refractivity contribution < 1.29 is 9.53 Å². The first kappa shape index (κ1) is 15.5. The lowest BCUT2D eigenvalue weighted by atomic mass is 9.90. The van der Waals surface area contributed by atoms with Gasteiger partial charge in [-0.05, 0) is 6.07 Å². The Morgan fingerprint density at radius 3 is 2.79 bits per heavy atom. The summed E-state index contributed by atoms with van der Waals surface area (Å²) in [7, 11) is 0. The topological polar surface area (TPSA) is 103 Å². The van der Waals surface area contributed by atoms with Gasteiger partial charge in [-0.25, -0.2) is 4.98 Å². The van der Waals surface area contributed by atoms with E-state index in [1.807, 2.05) is 0 Å². The van der Waals surface area contributed by atoms with Gasteiger partial charge >= 0.3 is 0 Å². The van der Waals surface area contributed by atoms with Gasteiger partial charge in [-0.1, -0.05) is 13.8 Å². The van der Waals surface area contributed by atoms with E-state index in [9.17, 15) is 4.79 Å². The standard InChI is InChI=1S/C12H18N4O2.ClH/c1-12(2)6-15-5-9(12)18-8-3-7(11(14)17)4-16-10(8)13;/h3-4,9,15H,5-6H2,1-2H3,(H2,13,16)(H2,14,17);1H/t9-;/m0./s1. The largest absolute Gasteiger partial charge is 0.485 e. The number of nitrogen functional groups attached to an aromatic ring is 1. The number of halogens is 1. The molecule has 5 N–H and O–H groups in total. The van der Waals surface area contributed by atoms with Crippen molar-refractivity contribution in [3.63, 3.8) is 0 Å². The van der Waals surface area contributed by atoms with Crippen molar-refractivity contribution >= 4 is 24.1 Å². The molecule has 1 atom stereocenters. The van der Waals surface area contributed by atoms with E-state index >= 15 is 0 Å². The first-order valence-corrected chi connectivity index (χ1v) is 5.83. The molecular weight excluding hydrogens is 268 g/mol. The van der Waals surface area contributed by atoms with E-state index in [4.69, 9.17) is 16.2 Å². The lowest BCUT2D eigenvalue weighted by molar-refractivity contribution is 0.0997. The van der Waals surface area contributed by atoms with Crippen LogP contribution in [0, 0.1) is 5.41 Å². The van der Waals surface area contributed by atoms with Crippen LogP contribution in [0.5, 0.6) is 5.75 Å². The maximum atomic E-state index is 11.1. The average Bonchev–Trinajstić information content (AvgIpc) is 2.61. The highest BCUT2D eigenvalue weighted by atomic mass is 35.5. The van der Waals surface area contributed by atoms with Gasteiger partial charge in [0.25, 0.3) is 0 Å². The summed E-state index contributed by atoms with van der Waals surface area (Å²) in [5.74, 6) is 0.131. The number of carbonyl (C=O) groups is 1. The SMILES string of the molecule is CC1(C)CNC[C@@H]1Oc1cc(C(N)=O)cnc1N.Cl. The van der Waals surface area contributed by atoms with Crippen LogP contribution in [0.15, 0.2) is 12.3 Å². The van der Waals surface area contributed by atoms with Gasteiger partial charge in [0.15, 0.2) is 11.6 Å². The summed E-state index contributed by atoms with van der Waals surface area (Å²) in [5.41, 5.74) is 11.3. The number of nitrogens with zero attached hydrogens (tertiary/aromatic N) is 1. The van der Waals surface area contributed by atoms with E-state index in [0.717, 1.165) is 13.1 Å². The van der Waals surface area contributed by atoms with Gasteiger partial charge < -0.3 is 21.5 Å². The summed E-state index contributed by atoms with van der Waals surface area (Å²) >= 11 is 0. The second kappa shape index (κ2) is 5.63. The molecule has 1 saturated heterocycles. The molecule has 7 heteroatoms. The zero-order valence-corrected chi connectivity index (χ0v) is 11.8. The Morgan fingerprint density at radius 1 is 1.58 bits per heavy atom. The van der Waals surface area contributed by atoms with Crippen LogP contribution in [0.25, 0.3) is 0 Å². The van der Waals surface area contributed by atoms with Gasteiger partial charge in [-0.15, -0.1) is 12.4 Å². The Hall–Kier alpha value is -1.53. The summed E-state index contributed by atoms with van der Waals surface area (Å²) in [4.78, 5) is 15.0. The fourth-order valence-electron chi connectivity index (χ4n) is 1.95. The van der Waals surface area contributed by atoms with E-state index in [-0.39, 0.29) is 29.7 Å². The number of aromatic nitrogens is 1. The quantitative estimate of drug-likeness (QED) is 0.753. The van der Waals surface area contributed by atoms with E-state index in [2.05, 4.69) is 24.1 Å². The van der Waals surface area contributed by atoms with E-state index < -0.39 is 5.91 Å². The van der Waals surface area contributed by atoms with Crippen LogP contribution in [0.1, 0.15) is 24.2 Å². The predicted octanol–water partition coefficient (Wildman–Crippen LogP) is 0.561. The Morgan fingerprint density at radius 2 is 2.26 bits per heavy atom. The number of nitrogens with two attached hydrogens (primary N) is 2. The van der Waals surface area contributed by atoms with Crippen molar-refractivity contribution in [2.45, 2.75) is 20.0 Å². The first-order chi connectivity index (χ1) is 8.40. The fourth-order valence-corrected chi connectivity index (χ4v) is 1.95.